The van der Waals surface area contributed by atoms with E-state index < -0.39 is 0 Å². The smallest absolute Gasteiger partial charge is 0.233 e. The first-order valence-electron chi connectivity index (χ1n) is 7.82. The van der Waals surface area contributed by atoms with Crippen LogP contribution in [0.2, 0.25) is 0 Å². The number of anilines is 1. The van der Waals surface area contributed by atoms with Crippen molar-refractivity contribution >= 4 is 11.7 Å². The van der Waals surface area contributed by atoms with Gasteiger partial charge in [0.1, 0.15) is 5.75 Å². The van der Waals surface area contributed by atoms with Crippen LogP contribution in [-0.2, 0) is 4.79 Å². The molecule has 23 heavy (non-hydrogen) atoms. The van der Waals surface area contributed by atoms with Gasteiger partial charge in [-0.15, -0.1) is 0 Å². The van der Waals surface area contributed by atoms with Crippen LogP contribution in [0.1, 0.15) is 42.0 Å². The first-order valence-corrected chi connectivity index (χ1v) is 7.82. The molecule has 1 atom stereocenters. The molecule has 118 valence electrons. The highest BCUT2D eigenvalue weighted by Crippen LogP contribution is 2.46. The zero-order valence-electron chi connectivity index (χ0n) is 13.2. The number of benzene rings is 1. The van der Waals surface area contributed by atoms with Crippen LogP contribution >= 0.6 is 0 Å². The Morgan fingerprint density at radius 2 is 2.22 bits per heavy atom. The molecule has 2 aromatic rings. The third-order valence-electron chi connectivity index (χ3n) is 4.63. The monoisotopic (exact) mass is 310 g/mol. The van der Waals surface area contributed by atoms with Gasteiger partial charge >= 0.3 is 0 Å². The molecular formula is C18H18N2O3. The molecule has 0 saturated heterocycles. The molecule has 1 aromatic heterocycles. The number of rotatable bonds is 2. The van der Waals surface area contributed by atoms with E-state index in [1.54, 1.807) is 7.11 Å². The van der Waals surface area contributed by atoms with Gasteiger partial charge in [-0.05, 0) is 37.5 Å². The lowest BCUT2D eigenvalue weighted by Gasteiger charge is -2.31. The summed E-state index contributed by atoms with van der Waals surface area (Å²) < 4.78 is 10.8. The van der Waals surface area contributed by atoms with Crippen molar-refractivity contribution in [1.82, 2.24) is 5.16 Å². The second kappa shape index (κ2) is 5.26. The fraction of sp³-hybridized carbons (Fsp3) is 0.333. The van der Waals surface area contributed by atoms with Gasteiger partial charge in [-0.1, -0.05) is 17.3 Å². The summed E-state index contributed by atoms with van der Waals surface area (Å²) >= 11 is 0. The molecule has 0 spiro atoms. The number of ether oxygens (including phenoxy) is 1. The Kier molecular flexibility index (Phi) is 3.22. The molecule has 1 N–H and O–H groups in total. The number of nitrogens with one attached hydrogen (secondary N) is 1. The molecular weight excluding hydrogens is 292 g/mol. The second-order valence-electron chi connectivity index (χ2n) is 6.01. The minimum atomic E-state index is -0.143. The van der Waals surface area contributed by atoms with E-state index >= 15 is 0 Å². The summed E-state index contributed by atoms with van der Waals surface area (Å²) in [7, 11) is 1.65. The van der Waals surface area contributed by atoms with Gasteiger partial charge in [0.2, 0.25) is 5.88 Å². The molecule has 1 aliphatic carbocycles. The first kappa shape index (κ1) is 14.1. The van der Waals surface area contributed by atoms with Crippen LogP contribution < -0.4 is 10.1 Å². The normalized spacial score (nSPS) is 19.9. The van der Waals surface area contributed by atoms with Crippen LogP contribution in [-0.4, -0.2) is 18.0 Å². The number of aryl methyl sites for hydroxylation is 1. The minimum absolute atomic E-state index is 0.143. The lowest BCUT2D eigenvalue weighted by Crippen LogP contribution is -2.26. The third-order valence-corrected chi connectivity index (χ3v) is 4.63. The molecule has 2 heterocycles. The molecule has 5 heteroatoms. The van der Waals surface area contributed by atoms with Crippen molar-refractivity contribution in [2.45, 2.75) is 32.1 Å². The number of aromatic nitrogens is 1. The number of hydrogen-bond donors (Lipinski definition) is 1. The average Bonchev–Trinajstić information content (AvgIpc) is 2.94. The highest BCUT2D eigenvalue weighted by Gasteiger charge is 2.38. The fourth-order valence-corrected chi connectivity index (χ4v) is 3.57. The Morgan fingerprint density at radius 1 is 1.35 bits per heavy atom. The lowest BCUT2D eigenvalue weighted by atomic mass is 9.76. The number of allylic oxidation sites excluding steroid dienone is 2. The number of methoxy groups -OCH3 is 1. The van der Waals surface area contributed by atoms with Crippen molar-refractivity contribution in [1.29, 1.82) is 0 Å². The van der Waals surface area contributed by atoms with E-state index in [2.05, 4.69) is 10.5 Å². The molecule has 0 fully saturated rings. The number of carbonyl (C=O) groups excluding carboxylic acids is 1. The molecule has 0 radical (unpaired) electrons. The summed E-state index contributed by atoms with van der Waals surface area (Å²) in [6.45, 7) is 1.91. The van der Waals surface area contributed by atoms with Crippen molar-refractivity contribution in [2.24, 2.45) is 0 Å². The fourth-order valence-electron chi connectivity index (χ4n) is 3.57. The van der Waals surface area contributed by atoms with Crippen molar-refractivity contribution in [2.75, 3.05) is 12.4 Å². The van der Waals surface area contributed by atoms with Gasteiger partial charge in [-0.3, -0.25) is 4.79 Å². The predicted molar refractivity (Wildman–Crippen MR) is 85.6 cm³/mol. The van der Waals surface area contributed by atoms with Crippen molar-refractivity contribution in [3.05, 3.63) is 52.4 Å². The topological polar surface area (TPSA) is 64.4 Å². The summed E-state index contributed by atoms with van der Waals surface area (Å²) in [6.07, 6.45) is 2.33. The van der Waals surface area contributed by atoms with Crippen LogP contribution in [0.5, 0.6) is 5.75 Å². The molecule has 4 rings (SSSR count). The Bertz CT molecular complexity index is 819. The number of Topliss-reactive ketones (excluding diaryl/α,β-unsaturated/α-hetero) is 1. The predicted octanol–water partition coefficient (Wildman–Crippen LogP) is 3.56. The van der Waals surface area contributed by atoms with Crippen LogP contribution in [0.25, 0.3) is 0 Å². The zero-order chi connectivity index (χ0) is 16.0. The van der Waals surface area contributed by atoms with Crippen molar-refractivity contribution in [3.63, 3.8) is 0 Å². The number of hydrogen-bond acceptors (Lipinski definition) is 5. The van der Waals surface area contributed by atoms with Gasteiger partial charge in [-0.25, -0.2) is 0 Å². The largest absolute Gasteiger partial charge is 0.497 e. The Hall–Kier alpha value is -2.56. The SMILES string of the molecule is COc1cccc([C@@H]2C3=C(CCCC3=O)Nc3onc(C)c32)c1. The zero-order valence-corrected chi connectivity index (χ0v) is 13.2. The van der Waals surface area contributed by atoms with Crippen molar-refractivity contribution < 1.29 is 14.1 Å². The number of nitrogens with zero attached hydrogens (tertiary/aromatic N) is 1. The summed E-state index contributed by atoms with van der Waals surface area (Å²) in [5, 5.41) is 7.37. The van der Waals surface area contributed by atoms with E-state index in [1.165, 1.54) is 0 Å². The summed E-state index contributed by atoms with van der Waals surface area (Å²) in [5.41, 5.74) is 4.61. The number of fused-ring (bicyclic) bond motifs is 1. The Balaban J connectivity index is 1.94. The van der Waals surface area contributed by atoms with Gasteiger partial charge in [-0.2, -0.15) is 0 Å². The van der Waals surface area contributed by atoms with E-state index in [1.807, 2.05) is 31.2 Å². The standard InChI is InChI=1S/C18H18N2O3/c1-10-15-16(11-5-3-6-12(9-11)22-2)17-13(7-4-8-14(17)21)19-18(15)23-20-10/h3,5-6,9,16,19H,4,7-8H2,1-2H3/t16-/m0/s1. The maximum atomic E-state index is 12.6. The molecule has 1 aliphatic heterocycles. The highest BCUT2D eigenvalue weighted by molar-refractivity contribution is 6.00. The van der Waals surface area contributed by atoms with Crippen LogP contribution in [0, 0.1) is 6.92 Å². The van der Waals surface area contributed by atoms with Gasteiger partial charge < -0.3 is 14.6 Å². The Morgan fingerprint density at radius 3 is 3.04 bits per heavy atom. The third kappa shape index (κ3) is 2.15. The lowest BCUT2D eigenvalue weighted by molar-refractivity contribution is -0.116. The van der Waals surface area contributed by atoms with Crippen LogP contribution in [0.15, 0.2) is 40.1 Å². The summed E-state index contributed by atoms with van der Waals surface area (Å²) in [6, 6.07) is 7.87. The highest BCUT2D eigenvalue weighted by atomic mass is 16.5. The number of carbonyl (C=O) groups is 1. The molecule has 2 aliphatic rings. The summed E-state index contributed by atoms with van der Waals surface area (Å²) in [5.74, 6) is 1.50. The molecule has 5 nitrogen and oxygen atoms in total. The van der Waals surface area contributed by atoms with Gasteiger partial charge in [0, 0.05) is 23.6 Å². The average molecular weight is 310 g/mol. The van der Waals surface area contributed by atoms with Crippen molar-refractivity contribution in [3.8, 4) is 5.75 Å². The minimum Gasteiger partial charge on any atom is -0.497 e. The maximum Gasteiger partial charge on any atom is 0.233 e. The molecule has 0 amide bonds. The van der Waals surface area contributed by atoms with E-state index in [4.69, 9.17) is 9.26 Å². The maximum absolute atomic E-state index is 12.6. The Labute approximate surface area is 134 Å². The quantitative estimate of drug-likeness (QED) is 0.919. The van der Waals surface area contributed by atoms with Gasteiger partial charge in [0.25, 0.3) is 0 Å². The van der Waals surface area contributed by atoms with Gasteiger partial charge in [0.15, 0.2) is 5.78 Å². The first-order chi connectivity index (χ1) is 11.2. The van der Waals surface area contributed by atoms with E-state index in [0.29, 0.717) is 12.3 Å². The molecule has 1 aromatic carbocycles. The van der Waals surface area contributed by atoms with E-state index in [9.17, 15) is 4.79 Å². The second-order valence-corrected chi connectivity index (χ2v) is 6.01. The van der Waals surface area contributed by atoms with E-state index in [0.717, 1.165) is 46.7 Å². The molecule has 0 bridgehead atoms. The number of ketones is 1. The van der Waals surface area contributed by atoms with E-state index in [-0.39, 0.29) is 11.7 Å². The van der Waals surface area contributed by atoms with Gasteiger partial charge in [0.05, 0.1) is 18.4 Å². The molecule has 0 unspecified atom stereocenters. The van der Waals surface area contributed by atoms with Crippen LogP contribution in [0.3, 0.4) is 0 Å². The molecule has 0 saturated carbocycles. The summed E-state index contributed by atoms with van der Waals surface area (Å²) in [4.78, 5) is 12.6. The van der Waals surface area contributed by atoms with Crippen LogP contribution in [0.4, 0.5) is 5.88 Å².